The summed E-state index contributed by atoms with van der Waals surface area (Å²) in [5.41, 5.74) is 2.37. The van der Waals surface area contributed by atoms with Gasteiger partial charge >= 0.3 is 0 Å². The Morgan fingerprint density at radius 1 is 1.00 bits per heavy atom. The monoisotopic (exact) mass is 484 g/mol. The van der Waals surface area contributed by atoms with Gasteiger partial charge in [-0.1, -0.05) is 30.3 Å². The van der Waals surface area contributed by atoms with E-state index in [1.165, 1.54) is 0 Å². The number of hydrogen-bond donors (Lipinski definition) is 0. The third kappa shape index (κ3) is 4.75. The molecule has 1 unspecified atom stereocenters. The zero-order valence-corrected chi connectivity index (χ0v) is 20.2. The predicted molar refractivity (Wildman–Crippen MR) is 135 cm³/mol. The smallest absolute Gasteiger partial charge is 0.266 e. The number of amides is 3. The van der Waals surface area contributed by atoms with Gasteiger partial charge in [-0.05, 0) is 67.8 Å². The molecule has 0 aromatic heterocycles. The second-order valence-electron chi connectivity index (χ2n) is 8.94. The van der Waals surface area contributed by atoms with Gasteiger partial charge in [-0.15, -0.1) is 0 Å². The average molecular weight is 485 g/mol. The number of imide groups is 1. The molecule has 7 heteroatoms. The number of fused-ring (bicyclic) bond motifs is 1. The SMILES string of the molecule is CCOc1ccc(N2C(=O)c3ccc(C(=O)N(Cc4ccccc4)CC4CCCO4)cc3C2=O)cc1. The summed E-state index contributed by atoms with van der Waals surface area (Å²) in [6, 6.07) is 21.3. The van der Waals surface area contributed by atoms with Gasteiger partial charge < -0.3 is 14.4 Å². The lowest BCUT2D eigenvalue weighted by Crippen LogP contribution is -2.37. The first-order valence-electron chi connectivity index (χ1n) is 12.3. The molecule has 184 valence electrons. The Hall–Kier alpha value is -3.97. The summed E-state index contributed by atoms with van der Waals surface area (Å²) in [6.07, 6.45) is 1.88. The molecule has 1 atom stereocenters. The highest BCUT2D eigenvalue weighted by atomic mass is 16.5. The standard InChI is InChI=1S/C29H28N2O5/c1-2-35-23-13-11-22(12-14-23)31-28(33)25-15-10-21(17-26(25)29(31)34)27(32)30(19-24-9-6-16-36-24)18-20-7-4-3-5-8-20/h3-5,7-8,10-15,17,24H,2,6,9,16,18-19H2,1H3. The molecule has 0 N–H and O–H groups in total. The van der Waals surface area contributed by atoms with E-state index in [9.17, 15) is 14.4 Å². The van der Waals surface area contributed by atoms with E-state index in [4.69, 9.17) is 9.47 Å². The topological polar surface area (TPSA) is 76.2 Å². The first kappa shape index (κ1) is 23.8. The van der Waals surface area contributed by atoms with Crippen LogP contribution in [0.3, 0.4) is 0 Å². The zero-order valence-electron chi connectivity index (χ0n) is 20.2. The van der Waals surface area contributed by atoms with Crippen LogP contribution in [0.1, 0.15) is 56.4 Å². The largest absolute Gasteiger partial charge is 0.494 e. The molecule has 2 heterocycles. The van der Waals surface area contributed by atoms with Gasteiger partial charge in [0, 0.05) is 25.3 Å². The van der Waals surface area contributed by atoms with Crippen molar-refractivity contribution >= 4 is 23.4 Å². The van der Waals surface area contributed by atoms with Crippen molar-refractivity contribution < 1.29 is 23.9 Å². The molecule has 0 saturated carbocycles. The third-order valence-electron chi connectivity index (χ3n) is 6.49. The molecule has 0 bridgehead atoms. The molecule has 2 aliphatic heterocycles. The molecule has 7 nitrogen and oxygen atoms in total. The normalized spacial score (nSPS) is 16.8. The van der Waals surface area contributed by atoms with E-state index >= 15 is 0 Å². The minimum absolute atomic E-state index is 0.00884. The molecule has 3 amide bonds. The van der Waals surface area contributed by atoms with Gasteiger partial charge in [0.1, 0.15) is 5.75 Å². The lowest BCUT2D eigenvalue weighted by Gasteiger charge is -2.26. The molecular weight excluding hydrogens is 456 g/mol. The van der Waals surface area contributed by atoms with Gasteiger partial charge in [0.05, 0.1) is 29.5 Å². The number of rotatable bonds is 8. The molecule has 3 aromatic carbocycles. The maximum atomic E-state index is 13.6. The van der Waals surface area contributed by atoms with Crippen LogP contribution in [-0.4, -0.2) is 48.5 Å². The number of hydrogen-bond acceptors (Lipinski definition) is 5. The summed E-state index contributed by atoms with van der Waals surface area (Å²) in [5.74, 6) is -0.381. The van der Waals surface area contributed by atoms with Gasteiger partial charge in [-0.3, -0.25) is 14.4 Å². The highest BCUT2D eigenvalue weighted by Crippen LogP contribution is 2.31. The highest BCUT2D eigenvalue weighted by Gasteiger charge is 2.37. The fourth-order valence-corrected chi connectivity index (χ4v) is 4.71. The lowest BCUT2D eigenvalue weighted by atomic mass is 10.0. The maximum absolute atomic E-state index is 13.6. The second-order valence-corrected chi connectivity index (χ2v) is 8.94. The summed E-state index contributed by atoms with van der Waals surface area (Å²) in [7, 11) is 0. The summed E-state index contributed by atoms with van der Waals surface area (Å²) in [6.45, 7) is 4.02. The van der Waals surface area contributed by atoms with E-state index in [1.807, 2.05) is 37.3 Å². The van der Waals surface area contributed by atoms with E-state index in [2.05, 4.69) is 0 Å². The fourth-order valence-electron chi connectivity index (χ4n) is 4.71. The molecule has 0 spiro atoms. The molecular formula is C29H28N2O5. The van der Waals surface area contributed by atoms with Crippen molar-refractivity contribution in [2.45, 2.75) is 32.4 Å². The first-order chi connectivity index (χ1) is 17.5. The van der Waals surface area contributed by atoms with E-state index in [0.29, 0.717) is 48.9 Å². The van der Waals surface area contributed by atoms with Crippen molar-refractivity contribution in [1.29, 1.82) is 0 Å². The van der Waals surface area contributed by atoms with Crippen LogP contribution in [0.2, 0.25) is 0 Å². The van der Waals surface area contributed by atoms with Crippen LogP contribution < -0.4 is 9.64 Å². The lowest BCUT2D eigenvalue weighted by molar-refractivity contribution is 0.0507. The summed E-state index contributed by atoms with van der Waals surface area (Å²) in [4.78, 5) is 42.9. The third-order valence-corrected chi connectivity index (χ3v) is 6.49. The molecule has 2 aliphatic rings. The summed E-state index contributed by atoms with van der Waals surface area (Å²) in [5, 5.41) is 0. The molecule has 1 fully saturated rings. The Bertz CT molecular complexity index is 1270. The van der Waals surface area contributed by atoms with Crippen LogP contribution in [0, 0.1) is 0 Å². The molecule has 0 radical (unpaired) electrons. The van der Waals surface area contributed by atoms with Crippen LogP contribution in [-0.2, 0) is 11.3 Å². The minimum Gasteiger partial charge on any atom is -0.494 e. The number of nitrogens with zero attached hydrogens (tertiary/aromatic N) is 2. The molecule has 1 saturated heterocycles. The number of carbonyl (C=O) groups is 3. The van der Waals surface area contributed by atoms with Crippen molar-refractivity contribution in [3.63, 3.8) is 0 Å². The number of ether oxygens (including phenoxy) is 2. The molecule has 3 aromatic rings. The molecule has 0 aliphatic carbocycles. The van der Waals surface area contributed by atoms with Crippen LogP contribution in [0.5, 0.6) is 5.75 Å². The first-order valence-corrected chi connectivity index (χ1v) is 12.3. The van der Waals surface area contributed by atoms with Crippen LogP contribution in [0.15, 0.2) is 72.8 Å². The summed E-state index contributed by atoms with van der Waals surface area (Å²) < 4.78 is 11.2. The number of benzene rings is 3. The Labute approximate surface area is 210 Å². The van der Waals surface area contributed by atoms with Crippen LogP contribution in [0.4, 0.5) is 5.69 Å². The fraction of sp³-hybridized carbons (Fsp3) is 0.276. The Morgan fingerprint density at radius 2 is 1.75 bits per heavy atom. The van der Waals surface area contributed by atoms with Crippen molar-refractivity contribution in [3.05, 3.63) is 95.1 Å². The van der Waals surface area contributed by atoms with E-state index in [-0.39, 0.29) is 17.6 Å². The zero-order chi connectivity index (χ0) is 25.1. The average Bonchev–Trinajstić information content (AvgIpc) is 3.50. The van der Waals surface area contributed by atoms with Gasteiger partial charge in [0.15, 0.2) is 0 Å². The minimum atomic E-state index is -0.442. The van der Waals surface area contributed by atoms with Gasteiger partial charge in [0.25, 0.3) is 17.7 Å². The van der Waals surface area contributed by atoms with Gasteiger partial charge in [0.2, 0.25) is 0 Å². The molecule has 5 rings (SSSR count). The Kier molecular flexibility index (Phi) is 6.82. The van der Waals surface area contributed by atoms with Crippen LogP contribution in [0.25, 0.3) is 0 Å². The van der Waals surface area contributed by atoms with E-state index in [1.54, 1.807) is 47.4 Å². The number of anilines is 1. The second kappa shape index (κ2) is 10.3. The predicted octanol–water partition coefficient (Wildman–Crippen LogP) is 4.71. The van der Waals surface area contributed by atoms with Crippen LogP contribution >= 0.6 is 0 Å². The van der Waals surface area contributed by atoms with Gasteiger partial charge in [-0.25, -0.2) is 4.90 Å². The van der Waals surface area contributed by atoms with Crippen molar-refractivity contribution in [3.8, 4) is 5.75 Å². The molecule has 36 heavy (non-hydrogen) atoms. The van der Waals surface area contributed by atoms with E-state index in [0.717, 1.165) is 23.3 Å². The number of carbonyl (C=O) groups excluding carboxylic acids is 3. The van der Waals surface area contributed by atoms with E-state index < -0.39 is 11.8 Å². The Morgan fingerprint density at radius 3 is 2.44 bits per heavy atom. The van der Waals surface area contributed by atoms with Crippen molar-refractivity contribution in [2.75, 3.05) is 24.7 Å². The van der Waals surface area contributed by atoms with Crippen molar-refractivity contribution in [2.24, 2.45) is 0 Å². The Balaban J connectivity index is 1.40. The van der Waals surface area contributed by atoms with Crippen molar-refractivity contribution in [1.82, 2.24) is 4.90 Å². The van der Waals surface area contributed by atoms with Gasteiger partial charge in [-0.2, -0.15) is 0 Å². The summed E-state index contributed by atoms with van der Waals surface area (Å²) >= 11 is 0. The maximum Gasteiger partial charge on any atom is 0.266 e. The quantitative estimate of drug-likeness (QED) is 0.433. The highest BCUT2D eigenvalue weighted by molar-refractivity contribution is 6.34.